The van der Waals surface area contributed by atoms with Crippen molar-refractivity contribution in [3.63, 3.8) is 0 Å². The van der Waals surface area contributed by atoms with Gasteiger partial charge in [0.05, 0.1) is 5.52 Å². The SMILES string of the molecule is O=[C]c1ccc(-c2ccc3ncccc3c2)cc1. The molecule has 2 nitrogen and oxygen atoms in total. The molecule has 0 aliphatic carbocycles. The van der Waals surface area contributed by atoms with Crippen LogP contribution in [0.4, 0.5) is 0 Å². The minimum atomic E-state index is 0.571. The zero-order valence-electron chi connectivity index (χ0n) is 9.63. The summed E-state index contributed by atoms with van der Waals surface area (Å²) >= 11 is 0. The van der Waals surface area contributed by atoms with E-state index in [-0.39, 0.29) is 0 Å². The predicted molar refractivity (Wildman–Crippen MR) is 72.0 cm³/mol. The maximum Gasteiger partial charge on any atom is 0.233 e. The summed E-state index contributed by atoms with van der Waals surface area (Å²) in [4.78, 5) is 14.8. The van der Waals surface area contributed by atoms with Gasteiger partial charge in [0.15, 0.2) is 0 Å². The minimum Gasteiger partial charge on any atom is -0.285 e. The number of hydrogen-bond donors (Lipinski definition) is 0. The van der Waals surface area contributed by atoms with Gasteiger partial charge in [-0.05, 0) is 29.3 Å². The predicted octanol–water partition coefficient (Wildman–Crippen LogP) is 3.36. The summed E-state index contributed by atoms with van der Waals surface area (Å²) in [5.41, 5.74) is 3.76. The van der Waals surface area contributed by atoms with Crippen LogP contribution in [-0.2, 0) is 4.79 Å². The second-order valence-electron chi connectivity index (χ2n) is 4.09. The highest BCUT2D eigenvalue weighted by molar-refractivity contribution is 5.85. The van der Waals surface area contributed by atoms with E-state index in [1.54, 1.807) is 18.3 Å². The molecule has 0 atom stereocenters. The second-order valence-corrected chi connectivity index (χ2v) is 4.09. The number of hydrogen-bond acceptors (Lipinski definition) is 2. The Hall–Kier alpha value is -2.48. The highest BCUT2D eigenvalue weighted by Gasteiger charge is 2.00. The molecule has 0 saturated carbocycles. The highest BCUT2D eigenvalue weighted by Crippen LogP contribution is 2.23. The van der Waals surface area contributed by atoms with Crippen molar-refractivity contribution in [3.8, 4) is 11.1 Å². The molecule has 0 spiro atoms. The number of pyridine rings is 1. The number of nitrogens with zero attached hydrogens (tertiary/aromatic N) is 1. The quantitative estimate of drug-likeness (QED) is 0.678. The van der Waals surface area contributed by atoms with Crippen LogP contribution in [0.3, 0.4) is 0 Å². The van der Waals surface area contributed by atoms with Crippen LogP contribution in [0.1, 0.15) is 5.56 Å². The number of benzene rings is 2. The Morgan fingerprint density at radius 2 is 1.67 bits per heavy atom. The van der Waals surface area contributed by atoms with Gasteiger partial charge in [-0.3, -0.25) is 9.78 Å². The van der Waals surface area contributed by atoms with Crippen LogP contribution in [0.5, 0.6) is 0 Å². The number of fused-ring (bicyclic) bond motifs is 1. The van der Waals surface area contributed by atoms with Crippen LogP contribution in [0.2, 0.25) is 0 Å². The lowest BCUT2D eigenvalue weighted by Crippen LogP contribution is -1.83. The second kappa shape index (κ2) is 4.41. The smallest absolute Gasteiger partial charge is 0.233 e. The van der Waals surface area contributed by atoms with Crippen LogP contribution in [0.25, 0.3) is 22.0 Å². The monoisotopic (exact) mass is 232 g/mol. The molecule has 1 aromatic heterocycles. The normalized spacial score (nSPS) is 10.4. The van der Waals surface area contributed by atoms with Gasteiger partial charge in [-0.25, -0.2) is 0 Å². The van der Waals surface area contributed by atoms with Gasteiger partial charge in [-0.1, -0.05) is 36.4 Å². The molecule has 0 saturated heterocycles. The molecule has 0 aliphatic heterocycles. The molecule has 0 aliphatic rings. The summed E-state index contributed by atoms with van der Waals surface area (Å²) in [6.07, 6.45) is 3.66. The van der Waals surface area contributed by atoms with Crippen molar-refractivity contribution in [3.05, 3.63) is 66.4 Å². The van der Waals surface area contributed by atoms with Gasteiger partial charge in [0.2, 0.25) is 6.29 Å². The maximum absolute atomic E-state index is 10.5. The van der Waals surface area contributed by atoms with E-state index in [9.17, 15) is 4.79 Å². The van der Waals surface area contributed by atoms with Crippen molar-refractivity contribution < 1.29 is 4.79 Å². The van der Waals surface area contributed by atoms with Crippen molar-refractivity contribution in [2.24, 2.45) is 0 Å². The summed E-state index contributed by atoms with van der Waals surface area (Å²) in [6.45, 7) is 0. The third-order valence-corrected chi connectivity index (χ3v) is 2.94. The lowest BCUT2D eigenvalue weighted by molar-refractivity contribution is 0.563. The van der Waals surface area contributed by atoms with Gasteiger partial charge in [0.1, 0.15) is 0 Å². The van der Waals surface area contributed by atoms with Crippen molar-refractivity contribution >= 4 is 17.2 Å². The standard InChI is InChI=1S/C16H10NO/c18-11-12-3-5-13(6-4-12)14-7-8-16-15(10-14)2-1-9-17-16/h1-10H. The van der Waals surface area contributed by atoms with Crippen molar-refractivity contribution in [1.29, 1.82) is 0 Å². The maximum atomic E-state index is 10.5. The number of aromatic nitrogens is 1. The Bertz CT molecular complexity index is 702. The first-order chi connectivity index (χ1) is 8.86. The minimum absolute atomic E-state index is 0.571. The summed E-state index contributed by atoms with van der Waals surface area (Å²) in [5.74, 6) is 0. The zero-order valence-corrected chi connectivity index (χ0v) is 9.63. The summed E-state index contributed by atoms with van der Waals surface area (Å²) < 4.78 is 0. The van der Waals surface area contributed by atoms with E-state index < -0.39 is 0 Å². The molecular weight excluding hydrogens is 222 g/mol. The largest absolute Gasteiger partial charge is 0.285 e. The van der Waals surface area contributed by atoms with Crippen molar-refractivity contribution in [1.82, 2.24) is 4.98 Å². The van der Waals surface area contributed by atoms with Gasteiger partial charge < -0.3 is 0 Å². The first-order valence-electron chi connectivity index (χ1n) is 5.70. The van der Waals surface area contributed by atoms with Gasteiger partial charge >= 0.3 is 0 Å². The van der Waals surface area contributed by atoms with E-state index in [1.165, 1.54) is 0 Å². The number of carbonyl (C=O) groups excluding carboxylic acids is 1. The van der Waals surface area contributed by atoms with Gasteiger partial charge in [-0.15, -0.1) is 0 Å². The molecule has 85 valence electrons. The van der Waals surface area contributed by atoms with E-state index in [2.05, 4.69) is 11.1 Å². The lowest BCUT2D eigenvalue weighted by Gasteiger charge is -2.03. The molecule has 2 heteroatoms. The molecule has 0 N–H and O–H groups in total. The van der Waals surface area contributed by atoms with Crippen molar-refractivity contribution in [2.75, 3.05) is 0 Å². The Balaban J connectivity index is 2.10. The average Bonchev–Trinajstić information content (AvgIpc) is 2.47. The molecule has 3 aromatic rings. The molecule has 2 aromatic carbocycles. The summed E-state index contributed by atoms with van der Waals surface area (Å²) in [5, 5.41) is 1.11. The Morgan fingerprint density at radius 3 is 2.44 bits per heavy atom. The fourth-order valence-electron chi connectivity index (χ4n) is 1.99. The molecule has 0 amide bonds. The van der Waals surface area contributed by atoms with E-state index in [4.69, 9.17) is 0 Å². The van der Waals surface area contributed by atoms with E-state index in [1.807, 2.05) is 42.7 Å². The lowest BCUT2D eigenvalue weighted by atomic mass is 10.0. The Morgan fingerprint density at radius 1 is 0.889 bits per heavy atom. The third kappa shape index (κ3) is 1.89. The Kier molecular flexibility index (Phi) is 2.61. The van der Waals surface area contributed by atoms with Crippen LogP contribution in [0.15, 0.2) is 60.8 Å². The van der Waals surface area contributed by atoms with Crippen LogP contribution >= 0.6 is 0 Å². The Labute approximate surface area is 105 Å². The zero-order chi connectivity index (χ0) is 12.4. The topological polar surface area (TPSA) is 30.0 Å². The summed E-state index contributed by atoms with van der Waals surface area (Å²) in [7, 11) is 0. The molecule has 3 rings (SSSR count). The van der Waals surface area contributed by atoms with E-state index in [0.29, 0.717) is 5.56 Å². The summed E-state index contributed by atoms with van der Waals surface area (Å²) in [6, 6.07) is 17.5. The molecule has 0 unspecified atom stereocenters. The highest BCUT2D eigenvalue weighted by atomic mass is 16.1. The molecule has 18 heavy (non-hydrogen) atoms. The van der Waals surface area contributed by atoms with E-state index in [0.717, 1.165) is 22.0 Å². The van der Waals surface area contributed by atoms with Crippen LogP contribution in [-0.4, -0.2) is 11.3 Å². The number of rotatable bonds is 2. The molecule has 1 heterocycles. The molecule has 0 fully saturated rings. The first-order valence-corrected chi connectivity index (χ1v) is 5.70. The fraction of sp³-hybridized carbons (Fsp3) is 0. The van der Waals surface area contributed by atoms with Crippen molar-refractivity contribution in [2.45, 2.75) is 0 Å². The van der Waals surface area contributed by atoms with E-state index >= 15 is 0 Å². The van der Waals surface area contributed by atoms with Gasteiger partial charge in [0.25, 0.3) is 0 Å². The molecule has 1 radical (unpaired) electrons. The van der Waals surface area contributed by atoms with Crippen LogP contribution in [0, 0.1) is 0 Å². The van der Waals surface area contributed by atoms with Gasteiger partial charge in [-0.2, -0.15) is 0 Å². The average molecular weight is 232 g/mol. The van der Waals surface area contributed by atoms with Crippen LogP contribution < -0.4 is 0 Å². The fourth-order valence-corrected chi connectivity index (χ4v) is 1.99. The first kappa shape index (κ1) is 10.7. The molecular formula is C16H10NO. The van der Waals surface area contributed by atoms with Gasteiger partial charge in [0, 0.05) is 17.1 Å². The molecule has 0 bridgehead atoms. The third-order valence-electron chi connectivity index (χ3n) is 2.94.